The minimum Gasteiger partial charge on any atom is -0.330 e. The topological polar surface area (TPSA) is 54.7 Å². The summed E-state index contributed by atoms with van der Waals surface area (Å²) in [5.74, 6) is 0.769. The van der Waals surface area contributed by atoms with Crippen molar-refractivity contribution in [2.45, 2.75) is 31.6 Å². The number of rotatable bonds is 3. The van der Waals surface area contributed by atoms with Gasteiger partial charge in [0.15, 0.2) is 0 Å². The molecule has 0 aliphatic heterocycles. The summed E-state index contributed by atoms with van der Waals surface area (Å²) in [6.45, 7) is 0.710. The van der Waals surface area contributed by atoms with Gasteiger partial charge in [-0.1, -0.05) is 6.42 Å². The van der Waals surface area contributed by atoms with E-state index in [1.807, 2.05) is 6.20 Å². The van der Waals surface area contributed by atoms with Crippen LogP contribution in [0, 0.1) is 0 Å². The third-order valence-electron chi connectivity index (χ3n) is 2.69. The highest BCUT2D eigenvalue weighted by atomic mass is 15.1. The second-order valence-corrected chi connectivity index (χ2v) is 3.47. The molecular formula is C9H15N3. The first-order chi connectivity index (χ1) is 5.92. The minimum atomic E-state index is 0.710. The van der Waals surface area contributed by atoms with Crippen molar-refractivity contribution in [2.24, 2.45) is 5.73 Å². The van der Waals surface area contributed by atoms with E-state index < -0.39 is 0 Å². The van der Waals surface area contributed by atoms with Gasteiger partial charge < -0.3 is 5.73 Å². The zero-order valence-corrected chi connectivity index (χ0v) is 7.21. The van der Waals surface area contributed by atoms with Crippen molar-refractivity contribution in [2.75, 3.05) is 6.54 Å². The Labute approximate surface area is 72.4 Å². The Morgan fingerprint density at radius 3 is 3.00 bits per heavy atom. The standard InChI is InChI=1S/C9H15N3/c10-5-4-9-8(6-11-12-9)7-2-1-3-7/h6-7H,1-5,10H2,(H,11,12). The van der Waals surface area contributed by atoms with Gasteiger partial charge in [-0.2, -0.15) is 5.10 Å². The molecule has 1 aromatic rings. The lowest BCUT2D eigenvalue weighted by Crippen LogP contribution is -2.12. The van der Waals surface area contributed by atoms with Crippen molar-refractivity contribution in [3.05, 3.63) is 17.5 Å². The van der Waals surface area contributed by atoms with Crippen LogP contribution in [0.5, 0.6) is 0 Å². The number of nitrogens with zero attached hydrogens (tertiary/aromatic N) is 1. The molecule has 1 heterocycles. The predicted octanol–water partition coefficient (Wildman–Crippen LogP) is 1.18. The normalized spacial score (nSPS) is 17.8. The van der Waals surface area contributed by atoms with E-state index in [1.165, 1.54) is 30.5 Å². The van der Waals surface area contributed by atoms with Crippen LogP contribution < -0.4 is 5.73 Å². The molecule has 0 spiro atoms. The number of nitrogens with one attached hydrogen (secondary N) is 1. The molecular weight excluding hydrogens is 150 g/mol. The van der Waals surface area contributed by atoms with Gasteiger partial charge in [0.25, 0.3) is 0 Å². The summed E-state index contributed by atoms with van der Waals surface area (Å²) >= 11 is 0. The van der Waals surface area contributed by atoms with E-state index >= 15 is 0 Å². The van der Waals surface area contributed by atoms with E-state index in [4.69, 9.17) is 5.73 Å². The minimum absolute atomic E-state index is 0.710. The van der Waals surface area contributed by atoms with Crippen LogP contribution in [-0.2, 0) is 6.42 Å². The third-order valence-corrected chi connectivity index (χ3v) is 2.69. The van der Waals surface area contributed by atoms with Gasteiger partial charge in [0.1, 0.15) is 0 Å². The summed E-state index contributed by atoms with van der Waals surface area (Å²) in [6, 6.07) is 0. The lowest BCUT2D eigenvalue weighted by molar-refractivity contribution is 0.417. The molecule has 66 valence electrons. The maximum absolute atomic E-state index is 5.50. The SMILES string of the molecule is NCCc1[nH]ncc1C1CCC1. The van der Waals surface area contributed by atoms with E-state index in [2.05, 4.69) is 10.2 Å². The fourth-order valence-corrected chi connectivity index (χ4v) is 1.74. The zero-order valence-electron chi connectivity index (χ0n) is 7.21. The Kier molecular flexibility index (Phi) is 2.13. The Morgan fingerprint density at radius 1 is 1.58 bits per heavy atom. The van der Waals surface area contributed by atoms with Gasteiger partial charge in [-0.25, -0.2) is 0 Å². The molecule has 0 amide bonds. The average Bonchev–Trinajstić information content (AvgIpc) is 2.35. The van der Waals surface area contributed by atoms with Crippen molar-refractivity contribution in [1.82, 2.24) is 10.2 Å². The number of nitrogens with two attached hydrogens (primary N) is 1. The van der Waals surface area contributed by atoms with Crippen molar-refractivity contribution in [1.29, 1.82) is 0 Å². The molecule has 0 saturated heterocycles. The predicted molar refractivity (Wildman–Crippen MR) is 47.9 cm³/mol. The van der Waals surface area contributed by atoms with Crippen LogP contribution in [0.2, 0.25) is 0 Å². The van der Waals surface area contributed by atoms with Gasteiger partial charge in [0, 0.05) is 12.1 Å². The number of hydrogen-bond donors (Lipinski definition) is 2. The molecule has 0 unspecified atom stereocenters. The fraction of sp³-hybridized carbons (Fsp3) is 0.667. The number of aromatic amines is 1. The smallest absolute Gasteiger partial charge is 0.0524 e. The van der Waals surface area contributed by atoms with Crippen LogP contribution in [-0.4, -0.2) is 16.7 Å². The Bertz CT molecular complexity index is 250. The highest BCUT2D eigenvalue weighted by Crippen LogP contribution is 2.37. The molecule has 3 nitrogen and oxygen atoms in total. The van der Waals surface area contributed by atoms with Crippen LogP contribution in [0.25, 0.3) is 0 Å². The quantitative estimate of drug-likeness (QED) is 0.706. The molecule has 1 aliphatic rings. The highest BCUT2D eigenvalue weighted by molar-refractivity contribution is 5.23. The third kappa shape index (κ3) is 1.25. The Morgan fingerprint density at radius 2 is 2.42 bits per heavy atom. The summed E-state index contributed by atoms with van der Waals surface area (Å²) in [4.78, 5) is 0. The lowest BCUT2D eigenvalue weighted by atomic mass is 9.80. The zero-order chi connectivity index (χ0) is 8.39. The van der Waals surface area contributed by atoms with Gasteiger partial charge in [0.05, 0.1) is 6.20 Å². The van der Waals surface area contributed by atoms with Gasteiger partial charge in [0.2, 0.25) is 0 Å². The molecule has 1 fully saturated rings. The summed E-state index contributed by atoms with van der Waals surface area (Å²) in [7, 11) is 0. The monoisotopic (exact) mass is 165 g/mol. The first-order valence-corrected chi connectivity index (χ1v) is 4.64. The number of H-pyrrole nitrogens is 1. The Balaban J connectivity index is 2.12. The van der Waals surface area contributed by atoms with Crippen LogP contribution in [0.3, 0.4) is 0 Å². The summed E-state index contributed by atoms with van der Waals surface area (Å²) in [5.41, 5.74) is 8.16. The van der Waals surface area contributed by atoms with Crippen LogP contribution in [0.15, 0.2) is 6.20 Å². The van der Waals surface area contributed by atoms with Gasteiger partial charge >= 0.3 is 0 Å². The maximum atomic E-state index is 5.50. The maximum Gasteiger partial charge on any atom is 0.0524 e. The van der Waals surface area contributed by atoms with Crippen molar-refractivity contribution in [3.63, 3.8) is 0 Å². The largest absolute Gasteiger partial charge is 0.330 e. The molecule has 1 aliphatic carbocycles. The molecule has 0 aromatic carbocycles. The van der Waals surface area contributed by atoms with E-state index in [0.717, 1.165) is 12.3 Å². The molecule has 3 N–H and O–H groups in total. The van der Waals surface area contributed by atoms with Crippen LogP contribution >= 0.6 is 0 Å². The second kappa shape index (κ2) is 3.27. The summed E-state index contributed by atoms with van der Waals surface area (Å²) in [5, 5.41) is 7.09. The summed E-state index contributed by atoms with van der Waals surface area (Å²) < 4.78 is 0. The molecule has 0 atom stereocenters. The molecule has 0 radical (unpaired) electrons. The second-order valence-electron chi connectivity index (χ2n) is 3.47. The van der Waals surface area contributed by atoms with E-state index in [-0.39, 0.29) is 0 Å². The molecule has 2 rings (SSSR count). The number of hydrogen-bond acceptors (Lipinski definition) is 2. The summed E-state index contributed by atoms with van der Waals surface area (Å²) in [6.07, 6.45) is 6.94. The molecule has 12 heavy (non-hydrogen) atoms. The van der Waals surface area contributed by atoms with Gasteiger partial charge in [-0.05, 0) is 30.9 Å². The average molecular weight is 165 g/mol. The van der Waals surface area contributed by atoms with E-state index in [0.29, 0.717) is 6.54 Å². The fourth-order valence-electron chi connectivity index (χ4n) is 1.74. The molecule has 0 bridgehead atoms. The molecule has 1 saturated carbocycles. The van der Waals surface area contributed by atoms with Crippen LogP contribution in [0.1, 0.15) is 36.4 Å². The van der Waals surface area contributed by atoms with Crippen molar-refractivity contribution < 1.29 is 0 Å². The lowest BCUT2D eigenvalue weighted by Gasteiger charge is -2.25. The number of aromatic nitrogens is 2. The van der Waals surface area contributed by atoms with E-state index in [1.54, 1.807) is 0 Å². The van der Waals surface area contributed by atoms with Gasteiger partial charge in [-0.3, -0.25) is 5.10 Å². The van der Waals surface area contributed by atoms with Gasteiger partial charge in [-0.15, -0.1) is 0 Å². The van der Waals surface area contributed by atoms with Crippen molar-refractivity contribution in [3.8, 4) is 0 Å². The highest BCUT2D eigenvalue weighted by Gasteiger charge is 2.22. The molecule has 3 heteroatoms. The first kappa shape index (κ1) is 7.80. The molecule has 1 aromatic heterocycles. The van der Waals surface area contributed by atoms with Crippen molar-refractivity contribution >= 4 is 0 Å². The van der Waals surface area contributed by atoms with E-state index in [9.17, 15) is 0 Å². The van der Waals surface area contributed by atoms with Crippen LogP contribution in [0.4, 0.5) is 0 Å². The Hall–Kier alpha value is -0.830. The first-order valence-electron chi connectivity index (χ1n) is 4.64.